The van der Waals surface area contributed by atoms with Crippen LogP contribution in [0.2, 0.25) is 0 Å². The Labute approximate surface area is 406 Å². The second-order valence-electron chi connectivity index (χ2n) is 24.8. The van der Waals surface area contributed by atoms with Gasteiger partial charge in [-0.15, -0.1) is 0 Å². The molecule has 0 aliphatic heterocycles. The molecule has 0 amide bonds. The van der Waals surface area contributed by atoms with Gasteiger partial charge in [0, 0.05) is 32.8 Å². The van der Waals surface area contributed by atoms with E-state index in [1.54, 1.807) is 0 Å². The van der Waals surface area contributed by atoms with Crippen LogP contribution >= 0.6 is 0 Å². The average molecular weight is 891 g/mol. The summed E-state index contributed by atoms with van der Waals surface area (Å²) in [6, 6.07) is 58.8. The summed E-state index contributed by atoms with van der Waals surface area (Å²) >= 11 is 0. The van der Waals surface area contributed by atoms with Gasteiger partial charge in [0.15, 0.2) is 0 Å². The quantitative estimate of drug-likeness (QED) is 0.156. The first-order valence-electron chi connectivity index (χ1n) is 24.8. The summed E-state index contributed by atoms with van der Waals surface area (Å²) in [5.41, 5.74) is 16.3. The summed E-state index contributed by atoms with van der Waals surface area (Å²) in [4.78, 5) is 2.55. The van der Waals surface area contributed by atoms with Crippen LogP contribution in [0.25, 0.3) is 70.9 Å². The molecule has 0 aliphatic rings. The van der Waals surface area contributed by atoms with Gasteiger partial charge in [-0.1, -0.05) is 201 Å². The first-order chi connectivity index (χ1) is 31.9. The van der Waals surface area contributed by atoms with Crippen LogP contribution in [0.3, 0.4) is 0 Å². The van der Waals surface area contributed by atoms with Gasteiger partial charge < -0.3 is 9.47 Å². The number of aromatic nitrogens is 1. The number of fused-ring (bicyclic) bond motifs is 3. The van der Waals surface area contributed by atoms with Gasteiger partial charge in [-0.3, -0.25) is 0 Å². The third-order valence-corrected chi connectivity index (χ3v) is 14.7. The van der Waals surface area contributed by atoms with Gasteiger partial charge in [-0.05, 0) is 137 Å². The predicted octanol–water partition coefficient (Wildman–Crippen LogP) is 19.3. The molecule has 2 heteroatoms. The van der Waals surface area contributed by atoms with Crippen molar-refractivity contribution in [2.45, 2.75) is 131 Å². The Kier molecular flexibility index (Phi) is 10.4. The average Bonchev–Trinajstić information content (AvgIpc) is 3.60. The minimum absolute atomic E-state index is 0.0183. The van der Waals surface area contributed by atoms with E-state index in [4.69, 9.17) is 0 Å². The van der Waals surface area contributed by atoms with Crippen molar-refractivity contribution in [3.8, 4) is 16.8 Å². The highest BCUT2D eigenvalue weighted by Gasteiger charge is 2.28. The molecule has 0 fully saturated rings. The fraction of sp³-hybridized carbons (Fsp3) is 0.303. The predicted molar refractivity (Wildman–Crippen MR) is 298 cm³/mol. The molecule has 2 nitrogen and oxygen atoms in total. The number of benzene rings is 9. The zero-order valence-corrected chi connectivity index (χ0v) is 43.3. The summed E-state index contributed by atoms with van der Waals surface area (Å²) in [7, 11) is 0. The lowest BCUT2D eigenvalue weighted by molar-refractivity contribution is 0.569. The van der Waals surface area contributed by atoms with Crippen LogP contribution in [0, 0.1) is 0 Å². The first-order valence-corrected chi connectivity index (χ1v) is 24.8. The Morgan fingerprint density at radius 3 is 1.32 bits per heavy atom. The summed E-state index contributed by atoms with van der Waals surface area (Å²) in [6.45, 7) is 34.9. The molecular weight excluding hydrogens is 821 g/mol. The summed E-state index contributed by atoms with van der Waals surface area (Å²) in [5, 5.41) is 10.2. The third-order valence-electron chi connectivity index (χ3n) is 14.7. The first kappa shape index (κ1) is 45.4. The van der Waals surface area contributed by atoms with E-state index >= 15 is 0 Å². The molecule has 68 heavy (non-hydrogen) atoms. The van der Waals surface area contributed by atoms with Crippen LogP contribution in [0.4, 0.5) is 17.1 Å². The topological polar surface area (TPSA) is 8.17 Å². The highest BCUT2D eigenvalue weighted by molar-refractivity contribution is 6.27. The van der Waals surface area contributed by atoms with E-state index in [2.05, 4.69) is 265 Å². The monoisotopic (exact) mass is 891 g/mol. The van der Waals surface area contributed by atoms with Crippen molar-refractivity contribution in [1.29, 1.82) is 0 Å². The van der Waals surface area contributed by atoms with E-state index in [1.807, 2.05) is 0 Å². The Bertz CT molecular complexity index is 3460. The highest BCUT2D eigenvalue weighted by atomic mass is 15.1. The highest BCUT2D eigenvalue weighted by Crippen LogP contribution is 2.49. The van der Waals surface area contributed by atoms with Crippen LogP contribution in [-0.2, 0) is 27.1 Å². The van der Waals surface area contributed by atoms with E-state index in [0.717, 1.165) is 5.69 Å². The molecule has 0 N–H and O–H groups in total. The number of rotatable bonds is 5. The molecule has 1 aromatic heterocycles. The van der Waals surface area contributed by atoms with Crippen LogP contribution < -0.4 is 4.90 Å². The summed E-state index contributed by atoms with van der Waals surface area (Å²) < 4.78 is 2.54. The maximum atomic E-state index is 2.55. The van der Waals surface area contributed by atoms with Gasteiger partial charge in [-0.25, -0.2) is 0 Å². The Morgan fingerprint density at radius 2 is 0.794 bits per heavy atom. The number of hydrogen-bond acceptors (Lipinski definition) is 1. The largest absolute Gasteiger partial charge is 0.309 e. The lowest BCUT2D eigenvalue weighted by Gasteiger charge is -2.32. The van der Waals surface area contributed by atoms with Gasteiger partial charge in [0.05, 0.1) is 28.1 Å². The Morgan fingerprint density at radius 1 is 0.338 bits per heavy atom. The molecule has 0 aliphatic carbocycles. The lowest BCUT2D eigenvalue weighted by atomic mass is 9.78. The number of anilines is 3. The van der Waals surface area contributed by atoms with Crippen LogP contribution in [0.5, 0.6) is 0 Å². The van der Waals surface area contributed by atoms with Crippen molar-refractivity contribution >= 4 is 71.2 Å². The van der Waals surface area contributed by atoms with Crippen LogP contribution in [-0.4, -0.2) is 4.57 Å². The van der Waals surface area contributed by atoms with E-state index in [9.17, 15) is 0 Å². The molecule has 0 spiro atoms. The SMILES string of the molecule is CC(C)(C)c1cc(-c2ccc(C(C)(C)C)cc2N(c2ccccc2)c2ccc3ccc4c(-n5c6ccc(C(C)(C)C)cc6c6cc(C(C)(C)C)ccc65)ccc5ccc2c3c54)cc(C(C)(C)C)c1. The summed E-state index contributed by atoms with van der Waals surface area (Å²) in [5.74, 6) is 0. The van der Waals surface area contributed by atoms with E-state index in [0.29, 0.717) is 0 Å². The molecule has 344 valence electrons. The minimum atomic E-state index is -0.0615. The fourth-order valence-electron chi connectivity index (χ4n) is 10.4. The molecule has 0 bridgehead atoms. The van der Waals surface area contributed by atoms with Gasteiger partial charge in [0.1, 0.15) is 0 Å². The number of hydrogen-bond donors (Lipinski definition) is 0. The molecule has 1 heterocycles. The van der Waals surface area contributed by atoms with Gasteiger partial charge >= 0.3 is 0 Å². The molecule has 10 aromatic rings. The molecule has 9 aromatic carbocycles. The van der Waals surface area contributed by atoms with E-state index < -0.39 is 0 Å². The Balaban J connectivity index is 1.27. The second-order valence-corrected chi connectivity index (χ2v) is 24.8. The van der Waals surface area contributed by atoms with Gasteiger partial charge in [0.25, 0.3) is 0 Å². The standard InChI is InChI=1S/C66H70N2/c1-62(2,3)44-26-33-57-53(38-44)54-39-45(63(4,5)6)27-34-58(54)68(57)56-32-24-42-21-28-51-55(31-23-41-22-29-52(56)61(42)60(41)51)67(49-19-17-16-18-20-49)59-40-46(64(7,8)9)25-30-50(59)43-35-47(65(10,11)12)37-48(36-43)66(13,14)15/h16-40H,1-15H3. The zero-order valence-electron chi connectivity index (χ0n) is 43.3. The van der Waals surface area contributed by atoms with Crippen molar-refractivity contribution in [2.75, 3.05) is 4.90 Å². The van der Waals surface area contributed by atoms with Gasteiger partial charge in [0.2, 0.25) is 0 Å². The van der Waals surface area contributed by atoms with Crippen molar-refractivity contribution < 1.29 is 0 Å². The van der Waals surface area contributed by atoms with Crippen LogP contribution in [0.1, 0.15) is 132 Å². The summed E-state index contributed by atoms with van der Waals surface area (Å²) in [6.07, 6.45) is 0. The van der Waals surface area contributed by atoms with Crippen LogP contribution in [0.15, 0.2) is 152 Å². The molecule has 0 atom stereocenters. The lowest BCUT2D eigenvalue weighted by Crippen LogP contribution is -2.18. The molecular formula is C66H70N2. The van der Waals surface area contributed by atoms with Gasteiger partial charge in [-0.2, -0.15) is 0 Å². The second kappa shape index (κ2) is 15.6. The Hall–Kier alpha value is -6.38. The smallest absolute Gasteiger partial charge is 0.0543 e. The zero-order chi connectivity index (χ0) is 48.5. The molecule has 0 saturated heterocycles. The minimum Gasteiger partial charge on any atom is -0.309 e. The van der Waals surface area contributed by atoms with E-state index in [1.165, 1.54) is 110 Å². The fourth-order valence-corrected chi connectivity index (χ4v) is 10.4. The van der Waals surface area contributed by atoms with Crippen molar-refractivity contribution in [3.63, 3.8) is 0 Å². The molecule has 0 saturated carbocycles. The third kappa shape index (κ3) is 7.75. The van der Waals surface area contributed by atoms with Crippen molar-refractivity contribution in [3.05, 3.63) is 179 Å². The molecule has 0 unspecified atom stereocenters. The van der Waals surface area contributed by atoms with Crippen molar-refractivity contribution in [1.82, 2.24) is 4.57 Å². The maximum Gasteiger partial charge on any atom is 0.0543 e. The molecule has 0 radical (unpaired) electrons. The molecule has 10 rings (SSSR count). The van der Waals surface area contributed by atoms with E-state index in [-0.39, 0.29) is 27.1 Å². The maximum absolute atomic E-state index is 2.55. The van der Waals surface area contributed by atoms with Crippen molar-refractivity contribution in [2.24, 2.45) is 0 Å². The number of nitrogens with zero attached hydrogens (tertiary/aromatic N) is 2. The normalized spacial score (nSPS) is 13.2. The number of para-hydroxylation sites is 1.